The first kappa shape index (κ1) is 19.2. The summed E-state index contributed by atoms with van der Waals surface area (Å²) in [7, 11) is 0. The number of ether oxygens (including phenoxy) is 1. The third-order valence-electron chi connectivity index (χ3n) is 4.60. The Morgan fingerprint density at radius 3 is 2.03 bits per heavy atom. The van der Waals surface area contributed by atoms with E-state index in [1.54, 1.807) is 72.8 Å². The Morgan fingerprint density at radius 2 is 1.37 bits per heavy atom. The van der Waals surface area contributed by atoms with Crippen LogP contribution in [-0.4, -0.2) is 23.9 Å². The van der Waals surface area contributed by atoms with Crippen LogP contribution in [0.15, 0.2) is 84.9 Å². The van der Waals surface area contributed by atoms with Crippen LogP contribution in [0.4, 0.5) is 21.9 Å². The van der Waals surface area contributed by atoms with Crippen molar-refractivity contribution in [3.63, 3.8) is 0 Å². The Hall–Kier alpha value is -4.13. The number of carbonyl (C=O) groups excluding carboxylic acids is 3. The topological polar surface area (TPSA) is 87.7 Å². The molecule has 1 atom stereocenters. The number of hydrogen-bond donors (Lipinski definition) is 2. The molecule has 0 spiro atoms. The number of rotatable bonds is 4. The van der Waals surface area contributed by atoms with E-state index in [0.717, 1.165) is 0 Å². The smallest absolute Gasteiger partial charge is 0.335 e. The molecule has 1 aliphatic heterocycles. The first-order valence-corrected chi connectivity index (χ1v) is 9.43. The number of fused-ring (bicyclic) bond motifs is 1. The quantitative estimate of drug-likeness (QED) is 0.510. The molecule has 0 fully saturated rings. The van der Waals surface area contributed by atoms with E-state index in [-0.39, 0.29) is 12.2 Å². The molecule has 1 heterocycles. The second kappa shape index (κ2) is 8.48. The molecule has 3 aromatic carbocycles. The van der Waals surface area contributed by atoms with Crippen LogP contribution in [0.25, 0.3) is 0 Å². The molecule has 0 aliphatic carbocycles. The molecule has 4 rings (SSSR count). The molecule has 0 aromatic heterocycles. The summed E-state index contributed by atoms with van der Waals surface area (Å²) in [5.74, 6) is -0.800. The third-order valence-corrected chi connectivity index (χ3v) is 4.60. The highest BCUT2D eigenvalue weighted by molar-refractivity contribution is 6.10. The number of esters is 1. The second-order valence-electron chi connectivity index (χ2n) is 6.69. The number of nitrogens with one attached hydrogen (secondary N) is 2. The van der Waals surface area contributed by atoms with E-state index >= 15 is 0 Å². The van der Waals surface area contributed by atoms with E-state index in [1.165, 1.54) is 4.90 Å². The molecule has 3 amide bonds. The number of carbonyl (C=O) groups is 3. The number of urea groups is 1. The molecule has 3 aromatic rings. The summed E-state index contributed by atoms with van der Waals surface area (Å²) in [5.41, 5.74) is 1.60. The molecule has 30 heavy (non-hydrogen) atoms. The molecule has 0 bridgehead atoms. The van der Waals surface area contributed by atoms with Crippen LogP contribution in [0.1, 0.15) is 6.42 Å². The van der Waals surface area contributed by atoms with Crippen LogP contribution < -0.4 is 20.3 Å². The van der Waals surface area contributed by atoms with Crippen LogP contribution in [-0.2, 0) is 9.59 Å². The summed E-state index contributed by atoms with van der Waals surface area (Å²) in [6.07, 6.45) is -0.246. The minimum Gasteiger partial charge on any atom is -0.423 e. The Bertz CT molecular complexity index is 1070. The van der Waals surface area contributed by atoms with Gasteiger partial charge in [-0.25, -0.2) is 9.59 Å². The fourth-order valence-corrected chi connectivity index (χ4v) is 3.23. The Morgan fingerprint density at radius 1 is 0.800 bits per heavy atom. The van der Waals surface area contributed by atoms with Gasteiger partial charge in [0.1, 0.15) is 6.04 Å². The van der Waals surface area contributed by atoms with Crippen molar-refractivity contribution in [1.29, 1.82) is 0 Å². The lowest BCUT2D eigenvalue weighted by molar-refractivity contribution is -0.138. The molecular formula is C23H19N3O4. The zero-order valence-corrected chi connectivity index (χ0v) is 15.9. The van der Waals surface area contributed by atoms with Gasteiger partial charge in [0, 0.05) is 11.4 Å². The van der Waals surface area contributed by atoms with Crippen molar-refractivity contribution in [3.05, 3.63) is 84.9 Å². The maximum absolute atomic E-state index is 13.1. The zero-order valence-electron chi connectivity index (χ0n) is 15.9. The van der Waals surface area contributed by atoms with E-state index in [1.807, 2.05) is 12.1 Å². The van der Waals surface area contributed by atoms with Crippen molar-refractivity contribution >= 4 is 35.0 Å². The maximum atomic E-state index is 13.1. The molecule has 0 saturated carbocycles. The molecular weight excluding hydrogens is 382 g/mol. The van der Waals surface area contributed by atoms with Gasteiger partial charge in [-0.1, -0.05) is 48.5 Å². The summed E-state index contributed by atoms with van der Waals surface area (Å²) in [4.78, 5) is 39.7. The van der Waals surface area contributed by atoms with Gasteiger partial charge < -0.3 is 15.4 Å². The monoisotopic (exact) mass is 401 g/mol. The van der Waals surface area contributed by atoms with E-state index in [9.17, 15) is 14.4 Å². The lowest BCUT2D eigenvalue weighted by atomic mass is 10.1. The van der Waals surface area contributed by atoms with Gasteiger partial charge in [-0.15, -0.1) is 0 Å². The van der Waals surface area contributed by atoms with Gasteiger partial charge in [-0.3, -0.25) is 9.69 Å². The van der Waals surface area contributed by atoms with Gasteiger partial charge in [0.2, 0.25) is 5.91 Å². The molecule has 0 saturated heterocycles. The number of para-hydroxylation sites is 4. The first-order chi connectivity index (χ1) is 14.6. The molecule has 1 unspecified atom stereocenters. The average molecular weight is 401 g/mol. The molecule has 150 valence electrons. The Labute approximate surface area is 173 Å². The van der Waals surface area contributed by atoms with Gasteiger partial charge in [0.15, 0.2) is 5.75 Å². The van der Waals surface area contributed by atoms with E-state index in [0.29, 0.717) is 17.1 Å². The normalized spacial score (nSPS) is 15.0. The van der Waals surface area contributed by atoms with Crippen molar-refractivity contribution in [2.24, 2.45) is 0 Å². The molecule has 2 N–H and O–H groups in total. The fourth-order valence-electron chi connectivity index (χ4n) is 3.23. The van der Waals surface area contributed by atoms with Gasteiger partial charge in [-0.2, -0.15) is 0 Å². The van der Waals surface area contributed by atoms with Crippen molar-refractivity contribution in [3.8, 4) is 5.75 Å². The first-order valence-electron chi connectivity index (χ1n) is 9.43. The lowest BCUT2D eigenvalue weighted by Gasteiger charge is -2.34. The number of anilines is 3. The van der Waals surface area contributed by atoms with Crippen molar-refractivity contribution in [2.45, 2.75) is 12.5 Å². The average Bonchev–Trinajstić information content (AvgIpc) is 2.75. The number of nitrogens with zero attached hydrogens (tertiary/aromatic N) is 1. The third kappa shape index (κ3) is 4.15. The minimum atomic E-state index is -1.10. The van der Waals surface area contributed by atoms with Crippen LogP contribution >= 0.6 is 0 Å². The van der Waals surface area contributed by atoms with Crippen molar-refractivity contribution in [2.75, 3.05) is 15.5 Å². The summed E-state index contributed by atoms with van der Waals surface area (Å²) in [6, 6.07) is 22.9. The predicted octanol–water partition coefficient (Wildman–Crippen LogP) is 4.04. The van der Waals surface area contributed by atoms with Crippen LogP contribution in [0.5, 0.6) is 5.75 Å². The van der Waals surface area contributed by atoms with Crippen molar-refractivity contribution in [1.82, 2.24) is 0 Å². The SMILES string of the molecule is O=C(CC1C(=O)Oc2ccccc2N1C(=O)Nc1ccccc1)Nc1ccccc1. The number of amides is 3. The van der Waals surface area contributed by atoms with Crippen LogP contribution in [0.3, 0.4) is 0 Å². The summed E-state index contributed by atoms with van der Waals surface area (Å²) in [5, 5.41) is 5.51. The minimum absolute atomic E-state index is 0.246. The van der Waals surface area contributed by atoms with E-state index < -0.39 is 23.9 Å². The molecule has 1 aliphatic rings. The second-order valence-corrected chi connectivity index (χ2v) is 6.69. The summed E-state index contributed by atoms with van der Waals surface area (Å²) in [6.45, 7) is 0. The predicted molar refractivity (Wildman–Crippen MR) is 113 cm³/mol. The van der Waals surface area contributed by atoms with E-state index in [4.69, 9.17) is 4.74 Å². The highest BCUT2D eigenvalue weighted by Crippen LogP contribution is 2.35. The van der Waals surface area contributed by atoms with Crippen LogP contribution in [0, 0.1) is 0 Å². The van der Waals surface area contributed by atoms with Crippen molar-refractivity contribution < 1.29 is 19.1 Å². The van der Waals surface area contributed by atoms with Gasteiger partial charge in [-0.05, 0) is 36.4 Å². The zero-order chi connectivity index (χ0) is 20.9. The largest absolute Gasteiger partial charge is 0.423 e. The standard InChI is InChI=1S/C23H19N3O4/c27-21(24-16-9-3-1-4-10-16)15-19-22(28)30-20-14-8-7-13-18(20)26(19)23(29)25-17-11-5-2-6-12-17/h1-14,19H,15H2,(H,24,27)(H,25,29). The molecule has 7 nitrogen and oxygen atoms in total. The number of hydrogen-bond acceptors (Lipinski definition) is 4. The van der Waals surface area contributed by atoms with Gasteiger partial charge in [0.05, 0.1) is 12.1 Å². The summed E-state index contributed by atoms with van der Waals surface area (Å²) < 4.78 is 5.39. The molecule has 0 radical (unpaired) electrons. The lowest BCUT2D eigenvalue weighted by Crippen LogP contribution is -2.53. The highest BCUT2D eigenvalue weighted by atomic mass is 16.5. The fraction of sp³-hybridized carbons (Fsp3) is 0.0870. The Kier molecular flexibility index (Phi) is 5.43. The van der Waals surface area contributed by atoms with Gasteiger partial charge >= 0.3 is 12.0 Å². The van der Waals surface area contributed by atoms with Gasteiger partial charge in [0.25, 0.3) is 0 Å². The molecule has 7 heteroatoms. The van der Waals surface area contributed by atoms with Crippen LogP contribution in [0.2, 0.25) is 0 Å². The maximum Gasteiger partial charge on any atom is 0.335 e. The van der Waals surface area contributed by atoms with E-state index in [2.05, 4.69) is 10.6 Å². The number of benzene rings is 3. The highest BCUT2D eigenvalue weighted by Gasteiger charge is 2.40. The Balaban J connectivity index is 1.60. The summed E-state index contributed by atoms with van der Waals surface area (Å²) >= 11 is 0.